The van der Waals surface area contributed by atoms with E-state index in [9.17, 15) is 9.18 Å². The van der Waals surface area contributed by atoms with Gasteiger partial charge in [0.05, 0.1) is 11.6 Å². The van der Waals surface area contributed by atoms with Crippen LogP contribution in [0.4, 0.5) is 4.39 Å². The third kappa shape index (κ3) is 2.44. The van der Waals surface area contributed by atoms with Crippen LogP contribution in [0.15, 0.2) is 24.3 Å². The Morgan fingerprint density at radius 2 is 2.00 bits per heavy atom. The highest BCUT2D eigenvalue weighted by atomic mass is 19.1. The zero-order chi connectivity index (χ0) is 14.0. The summed E-state index contributed by atoms with van der Waals surface area (Å²) in [6.45, 7) is 0.894. The molecule has 1 unspecified atom stereocenters. The van der Waals surface area contributed by atoms with Gasteiger partial charge in [-0.25, -0.2) is 4.39 Å². The Bertz CT molecular complexity index is 491. The molecule has 4 heteroatoms. The first kappa shape index (κ1) is 13.6. The van der Waals surface area contributed by atoms with Crippen molar-refractivity contribution in [2.75, 3.05) is 6.54 Å². The fourth-order valence-electron chi connectivity index (χ4n) is 3.52. The molecule has 0 bridgehead atoms. The minimum absolute atomic E-state index is 0.0210. The van der Waals surface area contributed by atoms with E-state index in [0.29, 0.717) is 5.56 Å². The van der Waals surface area contributed by atoms with Gasteiger partial charge in [0.1, 0.15) is 5.82 Å². The molecule has 1 saturated heterocycles. The Labute approximate surface area is 118 Å². The van der Waals surface area contributed by atoms with E-state index in [2.05, 4.69) is 10.6 Å². The molecule has 108 valence electrons. The Balaban J connectivity index is 1.85. The predicted molar refractivity (Wildman–Crippen MR) is 75.7 cm³/mol. The number of amides is 1. The lowest BCUT2D eigenvalue weighted by molar-refractivity contribution is -0.124. The van der Waals surface area contributed by atoms with Gasteiger partial charge in [-0.2, -0.15) is 0 Å². The van der Waals surface area contributed by atoms with Crippen LogP contribution in [0.25, 0.3) is 0 Å². The van der Waals surface area contributed by atoms with Crippen LogP contribution in [-0.4, -0.2) is 18.5 Å². The van der Waals surface area contributed by atoms with Gasteiger partial charge >= 0.3 is 0 Å². The van der Waals surface area contributed by atoms with Gasteiger partial charge in [0.2, 0.25) is 5.91 Å². The summed E-state index contributed by atoms with van der Waals surface area (Å²) in [5.74, 6) is -0.193. The van der Waals surface area contributed by atoms with E-state index in [0.717, 1.165) is 45.1 Å². The third-order valence-electron chi connectivity index (χ3n) is 4.59. The maximum atomic E-state index is 14.1. The molecule has 2 fully saturated rings. The standard InChI is InChI=1S/C16H21FN2O/c17-13-7-2-1-6-12(13)16(9-3-4-10-16)19-15(20)14-8-5-11-18-14/h1-2,6-7,14,18H,3-5,8-11H2,(H,19,20). The zero-order valence-corrected chi connectivity index (χ0v) is 11.6. The Kier molecular flexibility index (Phi) is 3.74. The molecule has 20 heavy (non-hydrogen) atoms. The first-order chi connectivity index (χ1) is 9.71. The van der Waals surface area contributed by atoms with Gasteiger partial charge in [-0.3, -0.25) is 4.79 Å². The highest BCUT2D eigenvalue weighted by Crippen LogP contribution is 2.40. The lowest BCUT2D eigenvalue weighted by Crippen LogP contribution is -2.50. The number of carbonyl (C=O) groups excluding carboxylic acids is 1. The van der Waals surface area contributed by atoms with E-state index in [1.165, 1.54) is 6.07 Å². The highest BCUT2D eigenvalue weighted by Gasteiger charge is 2.40. The number of rotatable bonds is 3. The summed E-state index contributed by atoms with van der Waals surface area (Å²) >= 11 is 0. The lowest BCUT2D eigenvalue weighted by atomic mass is 9.87. The topological polar surface area (TPSA) is 41.1 Å². The van der Waals surface area contributed by atoms with E-state index in [4.69, 9.17) is 0 Å². The zero-order valence-electron chi connectivity index (χ0n) is 11.6. The van der Waals surface area contributed by atoms with Crippen LogP contribution < -0.4 is 10.6 Å². The lowest BCUT2D eigenvalue weighted by Gasteiger charge is -2.32. The Morgan fingerprint density at radius 1 is 1.25 bits per heavy atom. The molecule has 3 nitrogen and oxygen atoms in total. The van der Waals surface area contributed by atoms with Gasteiger partial charge in [0.15, 0.2) is 0 Å². The summed E-state index contributed by atoms with van der Waals surface area (Å²) < 4.78 is 14.1. The number of benzene rings is 1. The molecule has 0 spiro atoms. The molecule has 1 aromatic carbocycles. The summed E-state index contributed by atoms with van der Waals surface area (Å²) in [6.07, 6.45) is 5.63. The molecule has 2 aliphatic rings. The highest BCUT2D eigenvalue weighted by molar-refractivity contribution is 5.83. The van der Waals surface area contributed by atoms with Crippen LogP contribution in [0.5, 0.6) is 0 Å². The van der Waals surface area contributed by atoms with Crippen LogP contribution in [0.3, 0.4) is 0 Å². The third-order valence-corrected chi connectivity index (χ3v) is 4.59. The summed E-state index contributed by atoms with van der Waals surface area (Å²) in [5.41, 5.74) is 0.135. The predicted octanol–water partition coefficient (Wildman–Crippen LogP) is 2.46. The first-order valence-corrected chi connectivity index (χ1v) is 7.52. The molecule has 0 radical (unpaired) electrons. The van der Waals surface area contributed by atoms with Gasteiger partial charge in [-0.05, 0) is 38.3 Å². The minimum Gasteiger partial charge on any atom is -0.345 e. The van der Waals surface area contributed by atoms with Crippen molar-refractivity contribution >= 4 is 5.91 Å². The quantitative estimate of drug-likeness (QED) is 0.890. The molecule has 1 atom stereocenters. The van der Waals surface area contributed by atoms with Crippen molar-refractivity contribution in [3.8, 4) is 0 Å². The molecule has 1 amide bonds. The Hall–Kier alpha value is -1.42. The summed E-state index contributed by atoms with van der Waals surface area (Å²) in [7, 11) is 0. The van der Waals surface area contributed by atoms with Crippen molar-refractivity contribution in [3.05, 3.63) is 35.6 Å². The van der Waals surface area contributed by atoms with Crippen LogP contribution in [0.1, 0.15) is 44.1 Å². The second-order valence-corrected chi connectivity index (χ2v) is 5.91. The fraction of sp³-hybridized carbons (Fsp3) is 0.562. The second kappa shape index (κ2) is 5.52. The van der Waals surface area contributed by atoms with Crippen LogP contribution in [0.2, 0.25) is 0 Å². The Morgan fingerprint density at radius 3 is 2.65 bits per heavy atom. The number of halogens is 1. The molecule has 1 aliphatic heterocycles. The second-order valence-electron chi connectivity index (χ2n) is 5.91. The van der Waals surface area contributed by atoms with Crippen molar-refractivity contribution in [2.45, 2.75) is 50.1 Å². The average Bonchev–Trinajstić information content (AvgIpc) is 3.10. The number of carbonyl (C=O) groups is 1. The van der Waals surface area contributed by atoms with Crippen LogP contribution >= 0.6 is 0 Å². The van der Waals surface area contributed by atoms with E-state index >= 15 is 0 Å². The smallest absolute Gasteiger partial charge is 0.237 e. The van der Waals surface area contributed by atoms with E-state index < -0.39 is 5.54 Å². The molecular weight excluding hydrogens is 255 g/mol. The summed E-state index contributed by atoms with van der Waals surface area (Å²) in [4.78, 5) is 12.4. The molecule has 1 aromatic rings. The maximum absolute atomic E-state index is 14.1. The number of hydrogen-bond donors (Lipinski definition) is 2. The summed E-state index contributed by atoms with van der Waals surface area (Å²) in [5, 5.41) is 6.36. The van der Waals surface area contributed by atoms with E-state index in [-0.39, 0.29) is 17.8 Å². The average molecular weight is 276 g/mol. The fourth-order valence-corrected chi connectivity index (χ4v) is 3.52. The number of nitrogens with one attached hydrogen (secondary N) is 2. The van der Waals surface area contributed by atoms with Gasteiger partial charge in [0, 0.05) is 5.56 Å². The SMILES string of the molecule is O=C(NC1(c2ccccc2F)CCCC1)C1CCCN1. The van der Waals surface area contributed by atoms with Crippen molar-refractivity contribution in [1.29, 1.82) is 0 Å². The van der Waals surface area contributed by atoms with Gasteiger partial charge < -0.3 is 10.6 Å². The van der Waals surface area contributed by atoms with Crippen molar-refractivity contribution in [2.24, 2.45) is 0 Å². The molecule has 2 N–H and O–H groups in total. The van der Waals surface area contributed by atoms with Crippen molar-refractivity contribution < 1.29 is 9.18 Å². The molecule has 0 aromatic heterocycles. The maximum Gasteiger partial charge on any atom is 0.237 e. The minimum atomic E-state index is -0.507. The normalized spacial score (nSPS) is 24.8. The van der Waals surface area contributed by atoms with Crippen molar-refractivity contribution in [3.63, 3.8) is 0 Å². The molecule has 1 heterocycles. The molecule has 3 rings (SSSR count). The largest absolute Gasteiger partial charge is 0.345 e. The van der Waals surface area contributed by atoms with Crippen LogP contribution in [-0.2, 0) is 10.3 Å². The summed E-state index contributed by atoms with van der Waals surface area (Å²) in [6, 6.07) is 6.72. The van der Waals surface area contributed by atoms with E-state index in [1.807, 2.05) is 12.1 Å². The molecule has 1 aliphatic carbocycles. The van der Waals surface area contributed by atoms with Crippen LogP contribution in [0, 0.1) is 5.82 Å². The first-order valence-electron chi connectivity index (χ1n) is 7.52. The number of hydrogen-bond acceptors (Lipinski definition) is 2. The van der Waals surface area contributed by atoms with Gasteiger partial charge in [-0.15, -0.1) is 0 Å². The van der Waals surface area contributed by atoms with Crippen molar-refractivity contribution in [1.82, 2.24) is 10.6 Å². The molecule has 1 saturated carbocycles. The monoisotopic (exact) mass is 276 g/mol. The van der Waals surface area contributed by atoms with Gasteiger partial charge in [0.25, 0.3) is 0 Å². The molecular formula is C16H21FN2O. The van der Waals surface area contributed by atoms with Gasteiger partial charge in [-0.1, -0.05) is 31.0 Å². The van der Waals surface area contributed by atoms with E-state index in [1.54, 1.807) is 6.07 Å².